The maximum absolute atomic E-state index is 11.9. The van der Waals surface area contributed by atoms with E-state index >= 15 is 0 Å². The molecule has 0 bridgehead atoms. The summed E-state index contributed by atoms with van der Waals surface area (Å²) in [5.74, 6) is 1.73. The van der Waals surface area contributed by atoms with Crippen LogP contribution in [-0.2, 0) is 16.1 Å². The molecule has 0 saturated carbocycles. The van der Waals surface area contributed by atoms with Crippen LogP contribution >= 0.6 is 0 Å². The van der Waals surface area contributed by atoms with E-state index in [0.29, 0.717) is 43.5 Å². The summed E-state index contributed by atoms with van der Waals surface area (Å²) in [6, 6.07) is 5.54. The molecule has 140 valence electrons. The number of methoxy groups -OCH3 is 2. The summed E-state index contributed by atoms with van der Waals surface area (Å²) in [7, 11) is 3.16. The highest BCUT2D eigenvalue weighted by atomic mass is 16.5. The van der Waals surface area contributed by atoms with Crippen molar-refractivity contribution < 1.29 is 19.1 Å². The summed E-state index contributed by atoms with van der Waals surface area (Å²) in [6.07, 6.45) is 1.25. The van der Waals surface area contributed by atoms with Crippen LogP contribution < -0.4 is 14.8 Å². The van der Waals surface area contributed by atoms with Gasteiger partial charge in [-0.1, -0.05) is 19.9 Å². The van der Waals surface area contributed by atoms with E-state index in [1.54, 1.807) is 19.1 Å². The Morgan fingerprint density at radius 3 is 2.40 bits per heavy atom. The monoisotopic (exact) mass is 350 g/mol. The lowest BCUT2D eigenvalue weighted by molar-refractivity contribution is -0.130. The molecule has 6 nitrogen and oxygen atoms in total. The maximum Gasteiger partial charge on any atom is 0.221 e. The molecule has 0 saturated heterocycles. The number of nitrogens with zero attached hydrogens (tertiary/aromatic N) is 1. The van der Waals surface area contributed by atoms with E-state index in [2.05, 4.69) is 19.2 Å². The largest absolute Gasteiger partial charge is 0.493 e. The van der Waals surface area contributed by atoms with Gasteiger partial charge in [-0.25, -0.2) is 0 Å². The van der Waals surface area contributed by atoms with Crippen molar-refractivity contribution >= 4 is 11.8 Å². The summed E-state index contributed by atoms with van der Waals surface area (Å²) < 4.78 is 10.5. The van der Waals surface area contributed by atoms with Crippen LogP contribution in [0.4, 0.5) is 0 Å². The first kappa shape index (κ1) is 20.8. The molecule has 0 aliphatic heterocycles. The number of rotatable bonds is 10. The normalized spacial score (nSPS) is 10.5. The van der Waals surface area contributed by atoms with Crippen LogP contribution in [-0.4, -0.2) is 44.0 Å². The van der Waals surface area contributed by atoms with E-state index < -0.39 is 0 Å². The zero-order valence-corrected chi connectivity index (χ0v) is 15.9. The van der Waals surface area contributed by atoms with Crippen LogP contribution in [0.25, 0.3) is 0 Å². The first-order valence-corrected chi connectivity index (χ1v) is 8.60. The fourth-order valence-corrected chi connectivity index (χ4v) is 2.37. The minimum absolute atomic E-state index is 0.0285. The van der Waals surface area contributed by atoms with Gasteiger partial charge in [0.2, 0.25) is 11.8 Å². The molecule has 25 heavy (non-hydrogen) atoms. The van der Waals surface area contributed by atoms with Crippen molar-refractivity contribution in [2.45, 2.75) is 40.2 Å². The van der Waals surface area contributed by atoms with Crippen LogP contribution in [0.15, 0.2) is 18.2 Å². The Kier molecular flexibility index (Phi) is 8.81. The lowest BCUT2D eigenvalue weighted by Gasteiger charge is -2.21. The van der Waals surface area contributed by atoms with Gasteiger partial charge in [0.15, 0.2) is 11.5 Å². The van der Waals surface area contributed by atoms with Crippen molar-refractivity contribution in [1.82, 2.24) is 10.2 Å². The van der Waals surface area contributed by atoms with E-state index in [1.807, 2.05) is 18.2 Å². The van der Waals surface area contributed by atoms with E-state index in [9.17, 15) is 9.59 Å². The van der Waals surface area contributed by atoms with Gasteiger partial charge >= 0.3 is 0 Å². The number of hydrogen-bond donors (Lipinski definition) is 1. The second kappa shape index (κ2) is 10.6. The second-order valence-electron chi connectivity index (χ2n) is 6.41. The van der Waals surface area contributed by atoms with Crippen LogP contribution in [0.3, 0.4) is 0 Å². The Hall–Kier alpha value is -2.24. The molecule has 0 aliphatic rings. The van der Waals surface area contributed by atoms with Crippen molar-refractivity contribution in [3.05, 3.63) is 23.8 Å². The Bertz CT molecular complexity index is 573. The third kappa shape index (κ3) is 7.45. The SMILES string of the molecule is COc1ccc(CN(CCC(=O)NCCC(C)C)C(C)=O)cc1OC. The van der Waals surface area contributed by atoms with Crippen molar-refractivity contribution in [3.8, 4) is 11.5 Å². The lowest BCUT2D eigenvalue weighted by atomic mass is 10.1. The number of benzene rings is 1. The summed E-state index contributed by atoms with van der Waals surface area (Å²) in [5.41, 5.74) is 0.924. The molecule has 0 heterocycles. The predicted octanol–water partition coefficient (Wildman–Crippen LogP) is 2.60. The molecule has 0 fully saturated rings. The molecule has 2 amide bonds. The number of ether oxygens (including phenoxy) is 2. The molecule has 1 aromatic carbocycles. The van der Waals surface area contributed by atoms with Crippen LogP contribution in [0.1, 0.15) is 39.2 Å². The number of carbonyl (C=O) groups excluding carboxylic acids is 2. The Morgan fingerprint density at radius 1 is 1.16 bits per heavy atom. The van der Waals surface area contributed by atoms with Gasteiger partial charge in [-0.3, -0.25) is 9.59 Å². The number of hydrogen-bond acceptors (Lipinski definition) is 4. The standard InChI is InChI=1S/C19H30N2O4/c1-14(2)8-10-20-19(23)9-11-21(15(3)22)13-16-6-7-17(24-4)18(12-16)25-5/h6-7,12,14H,8-11,13H2,1-5H3,(H,20,23). The molecule has 0 unspecified atom stereocenters. The average Bonchev–Trinajstić information content (AvgIpc) is 2.57. The fourth-order valence-electron chi connectivity index (χ4n) is 2.37. The molecule has 1 aromatic rings. The topological polar surface area (TPSA) is 67.9 Å². The van der Waals surface area contributed by atoms with E-state index in [-0.39, 0.29) is 11.8 Å². The smallest absolute Gasteiger partial charge is 0.221 e. The van der Waals surface area contributed by atoms with Gasteiger partial charge in [0.1, 0.15) is 0 Å². The predicted molar refractivity (Wildman–Crippen MR) is 97.7 cm³/mol. The third-order valence-corrected chi connectivity index (χ3v) is 3.92. The molecule has 1 N–H and O–H groups in total. The minimum Gasteiger partial charge on any atom is -0.493 e. The minimum atomic E-state index is -0.0650. The van der Waals surface area contributed by atoms with Gasteiger partial charge in [-0.15, -0.1) is 0 Å². The zero-order chi connectivity index (χ0) is 18.8. The van der Waals surface area contributed by atoms with Gasteiger partial charge in [0.25, 0.3) is 0 Å². The van der Waals surface area contributed by atoms with E-state index in [1.165, 1.54) is 6.92 Å². The quantitative estimate of drug-likeness (QED) is 0.704. The van der Waals surface area contributed by atoms with Crippen molar-refractivity contribution in [2.75, 3.05) is 27.3 Å². The zero-order valence-electron chi connectivity index (χ0n) is 15.9. The molecular weight excluding hydrogens is 320 g/mol. The first-order valence-electron chi connectivity index (χ1n) is 8.60. The molecule has 0 spiro atoms. The van der Waals surface area contributed by atoms with Crippen LogP contribution in [0, 0.1) is 5.92 Å². The number of nitrogens with one attached hydrogen (secondary N) is 1. The van der Waals surface area contributed by atoms with Crippen molar-refractivity contribution in [2.24, 2.45) is 5.92 Å². The van der Waals surface area contributed by atoms with Crippen molar-refractivity contribution in [1.29, 1.82) is 0 Å². The molecule has 6 heteroatoms. The number of amides is 2. The maximum atomic E-state index is 11.9. The third-order valence-electron chi connectivity index (χ3n) is 3.92. The molecule has 0 atom stereocenters. The van der Waals surface area contributed by atoms with E-state index in [0.717, 1.165) is 12.0 Å². The highest BCUT2D eigenvalue weighted by Crippen LogP contribution is 2.28. The summed E-state index contributed by atoms with van der Waals surface area (Å²) in [4.78, 5) is 25.4. The molecule has 0 aromatic heterocycles. The fraction of sp³-hybridized carbons (Fsp3) is 0.579. The van der Waals surface area contributed by atoms with Gasteiger partial charge < -0.3 is 19.7 Å². The van der Waals surface area contributed by atoms with Gasteiger partial charge in [0.05, 0.1) is 14.2 Å². The molecule has 0 aliphatic carbocycles. The first-order chi connectivity index (χ1) is 11.9. The van der Waals surface area contributed by atoms with Gasteiger partial charge in [-0.2, -0.15) is 0 Å². The second-order valence-corrected chi connectivity index (χ2v) is 6.41. The summed E-state index contributed by atoms with van der Waals surface area (Å²) in [6.45, 7) is 7.23. The average molecular weight is 350 g/mol. The molecule has 1 rings (SSSR count). The van der Waals surface area contributed by atoms with Gasteiger partial charge in [0, 0.05) is 33.0 Å². The number of carbonyl (C=O) groups is 2. The van der Waals surface area contributed by atoms with Gasteiger partial charge in [-0.05, 0) is 30.0 Å². The summed E-state index contributed by atoms with van der Waals surface area (Å²) in [5, 5.41) is 2.89. The van der Waals surface area contributed by atoms with Crippen molar-refractivity contribution in [3.63, 3.8) is 0 Å². The Labute approximate surface area is 150 Å². The summed E-state index contributed by atoms with van der Waals surface area (Å²) >= 11 is 0. The van der Waals surface area contributed by atoms with E-state index in [4.69, 9.17) is 9.47 Å². The Morgan fingerprint density at radius 2 is 1.84 bits per heavy atom. The highest BCUT2D eigenvalue weighted by molar-refractivity contribution is 5.78. The molecular formula is C19H30N2O4. The molecule has 0 radical (unpaired) electrons. The van der Waals surface area contributed by atoms with Crippen LogP contribution in [0.2, 0.25) is 0 Å². The highest BCUT2D eigenvalue weighted by Gasteiger charge is 2.13. The Balaban J connectivity index is 2.60. The van der Waals surface area contributed by atoms with Crippen LogP contribution in [0.5, 0.6) is 11.5 Å². The lowest BCUT2D eigenvalue weighted by Crippen LogP contribution is -2.34.